The molecule has 1 aliphatic heterocycles. The van der Waals surface area contributed by atoms with E-state index in [-0.39, 0.29) is 17.9 Å². The number of aliphatic hydroxyl groups excluding tert-OH is 1. The molecule has 1 aliphatic rings. The van der Waals surface area contributed by atoms with E-state index in [1.807, 2.05) is 28.8 Å². The topological polar surface area (TPSA) is 57.8 Å². The molecule has 0 aromatic carbocycles. The molecule has 0 saturated carbocycles. The molecule has 5 nitrogen and oxygen atoms in total. The molecule has 116 valence electrons. The Morgan fingerprint density at radius 1 is 1.55 bits per heavy atom. The standard InChI is InChI=1S/C16H18ClN3O2/c1-11(21)12-7-9-19(10-12)15(22)6-5-13-16(17)18-14-4-2-3-8-20(13)14/h2-6,8,11-12,21H,7,9-10H2,1H3/b6-5+. The van der Waals surface area contributed by atoms with Crippen LogP contribution in [0.3, 0.4) is 0 Å². The quantitative estimate of drug-likeness (QED) is 0.883. The fourth-order valence-electron chi connectivity index (χ4n) is 2.77. The highest BCUT2D eigenvalue weighted by Crippen LogP contribution is 2.21. The lowest BCUT2D eigenvalue weighted by Gasteiger charge is -2.15. The van der Waals surface area contributed by atoms with Crippen LogP contribution >= 0.6 is 11.6 Å². The fourth-order valence-corrected chi connectivity index (χ4v) is 3.01. The Balaban J connectivity index is 1.76. The number of rotatable bonds is 3. The molecule has 22 heavy (non-hydrogen) atoms. The summed E-state index contributed by atoms with van der Waals surface area (Å²) in [7, 11) is 0. The molecule has 0 aliphatic carbocycles. The Labute approximate surface area is 133 Å². The van der Waals surface area contributed by atoms with Crippen molar-refractivity contribution in [1.82, 2.24) is 14.3 Å². The van der Waals surface area contributed by atoms with Crippen molar-refractivity contribution in [3.63, 3.8) is 0 Å². The number of aromatic nitrogens is 2. The minimum atomic E-state index is -0.380. The Kier molecular flexibility index (Phi) is 4.18. The summed E-state index contributed by atoms with van der Waals surface area (Å²) in [4.78, 5) is 18.2. The molecule has 3 heterocycles. The first kappa shape index (κ1) is 15.1. The molecule has 3 rings (SSSR count). The van der Waals surface area contributed by atoms with Crippen molar-refractivity contribution in [3.05, 3.63) is 41.3 Å². The number of carbonyl (C=O) groups is 1. The highest BCUT2D eigenvalue weighted by atomic mass is 35.5. The third-order valence-corrected chi connectivity index (χ3v) is 4.40. The normalized spacial score (nSPS) is 20.1. The molecular formula is C16H18ClN3O2. The number of hydrogen-bond donors (Lipinski definition) is 1. The third kappa shape index (κ3) is 2.87. The van der Waals surface area contributed by atoms with Crippen LogP contribution in [-0.4, -0.2) is 44.5 Å². The molecule has 6 heteroatoms. The van der Waals surface area contributed by atoms with Crippen LogP contribution in [-0.2, 0) is 4.79 Å². The second kappa shape index (κ2) is 6.10. The summed E-state index contributed by atoms with van der Waals surface area (Å²) in [5.41, 5.74) is 1.44. The maximum atomic E-state index is 12.2. The van der Waals surface area contributed by atoms with E-state index in [9.17, 15) is 9.90 Å². The highest BCUT2D eigenvalue weighted by molar-refractivity contribution is 6.31. The van der Waals surface area contributed by atoms with Crippen LogP contribution in [0.2, 0.25) is 5.15 Å². The second-order valence-electron chi connectivity index (χ2n) is 5.62. The smallest absolute Gasteiger partial charge is 0.246 e. The number of carbonyl (C=O) groups excluding carboxylic acids is 1. The van der Waals surface area contributed by atoms with E-state index in [1.165, 1.54) is 6.08 Å². The first-order valence-corrected chi connectivity index (χ1v) is 7.71. The maximum absolute atomic E-state index is 12.2. The number of imidazole rings is 1. The molecule has 1 N–H and O–H groups in total. The summed E-state index contributed by atoms with van der Waals surface area (Å²) in [5, 5.41) is 9.98. The van der Waals surface area contributed by atoms with E-state index in [4.69, 9.17) is 11.6 Å². The number of likely N-dealkylation sites (tertiary alicyclic amines) is 1. The highest BCUT2D eigenvalue weighted by Gasteiger charge is 2.27. The Morgan fingerprint density at radius 2 is 2.36 bits per heavy atom. The van der Waals surface area contributed by atoms with Crippen molar-refractivity contribution in [2.24, 2.45) is 5.92 Å². The van der Waals surface area contributed by atoms with Gasteiger partial charge in [0, 0.05) is 31.3 Å². The largest absolute Gasteiger partial charge is 0.393 e. The van der Waals surface area contributed by atoms with Gasteiger partial charge in [-0.1, -0.05) is 17.7 Å². The number of aliphatic hydroxyl groups is 1. The van der Waals surface area contributed by atoms with Gasteiger partial charge in [-0.15, -0.1) is 0 Å². The molecule has 1 saturated heterocycles. The summed E-state index contributed by atoms with van der Waals surface area (Å²) in [6.07, 6.45) is 5.54. The van der Waals surface area contributed by atoms with Gasteiger partial charge in [-0.3, -0.25) is 9.20 Å². The number of hydrogen-bond acceptors (Lipinski definition) is 3. The van der Waals surface area contributed by atoms with E-state index in [1.54, 1.807) is 17.9 Å². The van der Waals surface area contributed by atoms with Gasteiger partial charge in [0.1, 0.15) is 5.65 Å². The average Bonchev–Trinajstić information content (AvgIpc) is 3.09. The van der Waals surface area contributed by atoms with Crippen molar-refractivity contribution < 1.29 is 9.90 Å². The predicted octanol–water partition coefficient (Wildman–Crippen LogP) is 2.23. The van der Waals surface area contributed by atoms with Crippen LogP contribution in [0.15, 0.2) is 30.5 Å². The monoisotopic (exact) mass is 319 g/mol. The molecule has 0 bridgehead atoms. The predicted molar refractivity (Wildman–Crippen MR) is 85.6 cm³/mol. The van der Waals surface area contributed by atoms with Gasteiger partial charge in [-0.25, -0.2) is 4.98 Å². The molecule has 0 spiro atoms. The molecule has 0 radical (unpaired) electrons. The van der Waals surface area contributed by atoms with Crippen molar-refractivity contribution in [2.45, 2.75) is 19.4 Å². The van der Waals surface area contributed by atoms with Gasteiger partial charge < -0.3 is 10.0 Å². The minimum Gasteiger partial charge on any atom is -0.393 e. The lowest BCUT2D eigenvalue weighted by molar-refractivity contribution is -0.125. The van der Waals surface area contributed by atoms with Crippen LogP contribution in [0.4, 0.5) is 0 Å². The SMILES string of the molecule is CC(O)C1CCN(C(=O)/C=C/c2c(Cl)nc3ccccn23)C1. The van der Waals surface area contributed by atoms with Crippen LogP contribution in [0, 0.1) is 5.92 Å². The van der Waals surface area contributed by atoms with Crippen LogP contribution in [0.1, 0.15) is 19.0 Å². The summed E-state index contributed by atoms with van der Waals surface area (Å²) in [5.74, 6) is 0.0989. The van der Waals surface area contributed by atoms with Crippen LogP contribution in [0.5, 0.6) is 0 Å². The molecule has 2 atom stereocenters. The van der Waals surface area contributed by atoms with Gasteiger partial charge in [0.15, 0.2) is 5.15 Å². The molecule has 2 aromatic rings. The van der Waals surface area contributed by atoms with Gasteiger partial charge in [0.25, 0.3) is 0 Å². The molecular weight excluding hydrogens is 302 g/mol. The van der Waals surface area contributed by atoms with Crippen molar-refractivity contribution in [3.8, 4) is 0 Å². The molecule has 2 unspecified atom stereocenters. The Hall–Kier alpha value is -1.85. The Morgan fingerprint density at radius 3 is 3.09 bits per heavy atom. The Bertz CT molecular complexity index is 723. The van der Waals surface area contributed by atoms with E-state index in [2.05, 4.69) is 4.98 Å². The minimum absolute atomic E-state index is 0.0647. The summed E-state index contributed by atoms with van der Waals surface area (Å²) in [6.45, 7) is 3.05. The number of amides is 1. The zero-order valence-electron chi connectivity index (χ0n) is 12.3. The summed E-state index contributed by atoms with van der Waals surface area (Å²) >= 11 is 6.13. The van der Waals surface area contributed by atoms with Crippen molar-refractivity contribution in [2.75, 3.05) is 13.1 Å². The molecule has 1 amide bonds. The zero-order valence-corrected chi connectivity index (χ0v) is 13.1. The van der Waals surface area contributed by atoms with Gasteiger partial charge in [-0.2, -0.15) is 0 Å². The first-order valence-electron chi connectivity index (χ1n) is 7.34. The first-order chi connectivity index (χ1) is 10.6. The van der Waals surface area contributed by atoms with E-state index >= 15 is 0 Å². The van der Waals surface area contributed by atoms with E-state index < -0.39 is 0 Å². The van der Waals surface area contributed by atoms with E-state index in [0.717, 1.165) is 12.1 Å². The lowest BCUT2D eigenvalue weighted by Crippen LogP contribution is -2.28. The number of fused-ring (bicyclic) bond motifs is 1. The molecule has 1 fully saturated rings. The lowest BCUT2D eigenvalue weighted by atomic mass is 10.0. The van der Waals surface area contributed by atoms with E-state index in [0.29, 0.717) is 23.9 Å². The van der Waals surface area contributed by atoms with Gasteiger partial charge >= 0.3 is 0 Å². The van der Waals surface area contributed by atoms with Crippen molar-refractivity contribution in [1.29, 1.82) is 0 Å². The van der Waals surface area contributed by atoms with Gasteiger partial charge in [-0.05, 0) is 31.6 Å². The average molecular weight is 320 g/mol. The fraction of sp³-hybridized carbons (Fsp3) is 0.375. The van der Waals surface area contributed by atoms with Crippen LogP contribution in [0.25, 0.3) is 11.7 Å². The third-order valence-electron chi connectivity index (χ3n) is 4.12. The number of halogens is 1. The number of nitrogens with zero attached hydrogens (tertiary/aromatic N) is 3. The molecule has 2 aromatic heterocycles. The summed E-state index contributed by atoms with van der Waals surface area (Å²) in [6, 6.07) is 5.63. The zero-order chi connectivity index (χ0) is 15.7. The maximum Gasteiger partial charge on any atom is 0.246 e. The number of pyridine rings is 1. The second-order valence-corrected chi connectivity index (χ2v) is 5.98. The van der Waals surface area contributed by atoms with Gasteiger partial charge in [0.2, 0.25) is 5.91 Å². The van der Waals surface area contributed by atoms with Crippen molar-refractivity contribution >= 4 is 29.2 Å². The van der Waals surface area contributed by atoms with Gasteiger partial charge in [0.05, 0.1) is 11.8 Å². The van der Waals surface area contributed by atoms with Crippen LogP contribution < -0.4 is 0 Å². The summed E-state index contributed by atoms with van der Waals surface area (Å²) < 4.78 is 1.84.